The molecule has 1 N–H and O–H groups in total. The van der Waals surface area contributed by atoms with Gasteiger partial charge < -0.3 is 19.7 Å². The SMILES string of the molecule is CCN1CCN(c2c(C)c(C(=O)NC(C)c3ccccc3)n(Cc3cccc(F)c3)c2C)CC1. The molecule has 1 aromatic heterocycles. The molecule has 1 aliphatic rings. The van der Waals surface area contributed by atoms with E-state index < -0.39 is 0 Å². The number of rotatable bonds is 7. The number of hydrogen-bond acceptors (Lipinski definition) is 3. The van der Waals surface area contributed by atoms with Crippen LogP contribution in [0.1, 0.15) is 52.8 Å². The molecule has 4 rings (SSSR count). The average Bonchev–Trinajstić information content (AvgIpc) is 3.08. The van der Waals surface area contributed by atoms with Crippen LogP contribution in [0.4, 0.5) is 10.1 Å². The first-order chi connectivity index (χ1) is 16.4. The molecule has 2 heterocycles. The van der Waals surface area contributed by atoms with Gasteiger partial charge in [0, 0.05) is 44.0 Å². The number of anilines is 1. The van der Waals surface area contributed by atoms with Gasteiger partial charge in [-0.25, -0.2) is 4.39 Å². The van der Waals surface area contributed by atoms with Crippen molar-refractivity contribution in [2.45, 2.75) is 40.3 Å². The predicted octanol–water partition coefficient (Wildman–Crippen LogP) is 4.93. The van der Waals surface area contributed by atoms with Gasteiger partial charge >= 0.3 is 0 Å². The van der Waals surface area contributed by atoms with Crippen molar-refractivity contribution in [3.8, 4) is 0 Å². The van der Waals surface area contributed by atoms with Crippen LogP contribution < -0.4 is 10.2 Å². The minimum Gasteiger partial charge on any atom is -0.367 e. The van der Waals surface area contributed by atoms with Gasteiger partial charge in [0.25, 0.3) is 5.91 Å². The second-order valence-corrected chi connectivity index (χ2v) is 9.15. The molecule has 0 saturated carbocycles. The van der Waals surface area contributed by atoms with Crippen molar-refractivity contribution in [2.24, 2.45) is 0 Å². The van der Waals surface area contributed by atoms with E-state index in [-0.39, 0.29) is 17.8 Å². The minimum atomic E-state index is -0.265. The van der Waals surface area contributed by atoms with Gasteiger partial charge in [0.2, 0.25) is 0 Å². The predicted molar refractivity (Wildman–Crippen MR) is 136 cm³/mol. The lowest BCUT2D eigenvalue weighted by Crippen LogP contribution is -2.46. The summed E-state index contributed by atoms with van der Waals surface area (Å²) in [6.45, 7) is 13.7. The van der Waals surface area contributed by atoms with E-state index in [1.807, 2.05) is 50.2 Å². The van der Waals surface area contributed by atoms with Crippen molar-refractivity contribution in [3.05, 3.63) is 88.5 Å². The van der Waals surface area contributed by atoms with Gasteiger partial charge in [-0.05, 0) is 50.6 Å². The largest absolute Gasteiger partial charge is 0.367 e. The third-order valence-electron chi connectivity index (χ3n) is 6.96. The van der Waals surface area contributed by atoms with Gasteiger partial charge in [0.15, 0.2) is 0 Å². The molecular weight excluding hydrogens is 427 g/mol. The Labute approximate surface area is 202 Å². The molecule has 180 valence electrons. The number of carbonyl (C=O) groups excluding carboxylic acids is 1. The lowest BCUT2D eigenvalue weighted by Gasteiger charge is -2.36. The van der Waals surface area contributed by atoms with E-state index in [1.54, 1.807) is 12.1 Å². The monoisotopic (exact) mass is 462 g/mol. The van der Waals surface area contributed by atoms with Crippen LogP contribution in [0, 0.1) is 19.7 Å². The summed E-state index contributed by atoms with van der Waals surface area (Å²) in [6.07, 6.45) is 0. The molecule has 1 aliphatic heterocycles. The minimum absolute atomic E-state index is 0.105. The number of piperazine rings is 1. The van der Waals surface area contributed by atoms with Crippen molar-refractivity contribution in [1.29, 1.82) is 0 Å². The van der Waals surface area contributed by atoms with Gasteiger partial charge in [0.1, 0.15) is 11.5 Å². The molecule has 1 amide bonds. The van der Waals surface area contributed by atoms with Crippen molar-refractivity contribution >= 4 is 11.6 Å². The van der Waals surface area contributed by atoms with Crippen LogP contribution in [0.5, 0.6) is 0 Å². The van der Waals surface area contributed by atoms with E-state index in [0.29, 0.717) is 12.2 Å². The Morgan fingerprint density at radius 3 is 2.38 bits per heavy atom. The molecule has 1 atom stereocenters. The molecule has 0 spiro atoms. The number of hydrogen-bond donors (Lipinski definition) is 1. The Hall–Kier alpha value is -3.12. The van der Waals surface area contributed by atoms with E-state index in [2.05, 4.69) is 33.5 Å². The zero-order valence-electron chi connectivity index (χ0n) is 20.6. The first kappa shape index (κ1) is 24.0. The first-order valence-electron chi connectivity index (χ1n) is 12.2. The molecule has 0 bridgehead atoms. The molecule has 6 heteroatoms. The second kappa shape index (κ2) is 10.4. The Morgan fingerprint density at radius 1 is 1.03 bits per heavy atom. The number of amides is 1. The summed E-state index contributed by atoms with van der Waals surface area (Å²) in [4.78, 5) is 18.5. The van der Waals surface area contributed by atoms with Gasteiger partial charge in [-0.3, -0.25) is 4.79 Å². The van der Waals surface area contributed by atoms with Gasteiger partial charge in [0.05, 0.1) is 11.7 Å². The molecule has 1 saturated heterocycles. The van der Waals surface area contributed by atoms with Crippen LogP contribution in [0.2, 0.25) is 0 Å². The summed E-state index contributed by atoms with van der Waals surface area (Å²) >= 11 is 0. The van der Waals surface area contributed by atoms with Crippen molar-refractivity contribution in [3.63, 3.8) is 0 Å². The van der Waals surface area contributed by atoms with Gasteiger partial charge in [-0.1, -0.05) is 49.4 Å². The summed E-state index contributed by atoms with van der Waals surface area (Å²) in [5, 5.41) is 3.19. The van der Waals surface area contributed by atoms with Crippen LogP contribution in [-0.2, 0) is 6.54 Å². The number of carbonyl (C=O) groups is 1. The summed E-state index contributed by atoms with van der Waals surface area (Å²) < 4.78 is 16.0. The average molecular weight is 463 g/mol. The number of likely N-dealkylation sites (N-methyl/N-ethyl adjacent to an activating group) is 1. The summed E-state index contributed by atoms with van der Waals surface area (Å²) in [5.74, 6) is -0.370. The third kappa shape index (κ3) is 5.02. The van der Waals surface area contributed by atoms with Crippen LogP contribution in [0.25, 0.3) is 0 Å². The zero-order valence-corrected chi connectivity index (χ0v) is 20.6. The lowest BCUT2D eigenvalue weighted by atomic mass is 10.1. The molecule has 1 unspecified atom stereocenters. The number of halogens is 1. The van der Waals surface area contributed by atoms with E-state index in [0.717, 1.165) is 60.8 Å². The second-order valence-electron chi connectivity index (χ2n) is 9.15. The molecule has 5 nitrogen and oxygen atoms in total. The highest BCUT2D eigenvalue weighted by Crippen LogP contribution is 2.33. The fraction of sp³-hybridized carbons (Fsp3) is 0.393. The van der Waals surface area contributed by atoms with E-state index in [1.165, 1.54) is 6.07 Å². The summed E-state index contributed by atoms with van der Waals surface area (Å²) in [6, 6.07) is 16.5. The third-order valence-corrected chi connectivity index (χ3v) is 6.96. The fourth-order valence-corrected chi connectivity index (χ4v) is 5.03. The Morgan fingerprint density at radius 2 is 1.74 bits per heavy atom. The topological polar surface area (TPSA) is 40.5 Å². The molecule has 1 fully saturated rings. The Balaban J connectivity index is 1.70. The summed E-state index contributed by atoms with van der Waals surface area (Å²) in [5.41, 5.74) is 5.71. The maximum atomic E-state index is 13.9. The van der Waals surface area contributed by atoms with Crippen LogP contribution in [0.3, 0.4) is 0 Å². The number of nitrogens with one attached hydrogen (secondary N) is 1. The molecular formula is C28H35FN4O. The van der Waals surface area contributed by atoms with E-state index in [9.17, 15) is 9.18 Å². The quantitative estimate of drug-likeness (QED) is 0.542. The highest BCUT2D eigenvalue weighted by atomic mass is 19.1. The molecule has 0 radical (unpaired) electrons. The van der Waals surface area contributed by atoms with Gasteiger partial charge in [-0.15, -0.1) is 0 Å². The smallest absolute Gasteiger partial charge is 0.268 e. The maximum Gasteiger partial charge on any atom is 0.268 e. The van der Waals surface area contributed by atoms with E-state index in [4.69, 9.17) is 0 Å². The first-order valence-corrected chi connectivity index (χ1v) is 12.2. The standard InChI is InChI=1S/C28H35FN4O/c1-5-31-14-16-32(17-15-31)26-20(2)27(28(34)30-21(3)24-11-7-6-8-12-24)33(22(26)4)19-23-10-9-13-25(29)18-23/h6-13,18,21H,5,14-17,19H2,1-4H3,(H,30,34). The van der Waals surface area contributed by atoms with Crippen molar-refractivity contribution < 1.29 is 9.18 Å². The fourth-order valence-electron chi connectivity index (χ4n) is 5.03. The summed E-state index contributed by atoms with van der Waals surface area (Å²) in [7, 11) is 0. The molecule has 3 aromatic rings. The number of aromatic nitrogens is 1. The highest BCUT2D eigenvalue weighted by molar-refractivity contribution is 5.97. The van der Waals surface area contributed by atoms with Crippen molar-refractivity contribution in [1.82, 2.24) is 14.8 Å². The zero-order chi connectivity index (χ0) is 24.2. The maximum absolute atomic E-state index is 13.9. The lowest BCUT2D eigenvalue weighted by molar-refractivity contribution is 0.0930. The number of nitrogens with zero attached hydrogens (tertiary/aromatic N) is 3. The van der Waals surface area contributed by atoms with Crippen LogP contribution >= 0.6 is 0 Å². The molecule has 34 heavy (non-hydrogen) atoms. The Kier molecular flexibility index (Phi) is 7.37. The molecule has 2 aromatic carbocycles. The molecule has 0 aliphatic carbocycles. The highest BCUT2D eigenvalue weighted by Gasteiger charge is 2.28. The van der Waals surface area contributed by atoms with Crippen LogP contribution in [-0.4, -0.2) is 48.1 Å². The van der Waals surface area contributed by atoms with Crippen molar-refractivity contribution in [2.75, 3.05) is 37.6 Å². The number of benzene rings is 2. The van der Waals surface area contributed by atoms with Gasteiger partial charge in [-0.2, -0.15) is 0 Å². The van der Waals surface area contributed by atoms with Crippen LogP contribution in [0.15, 0.2) is 54.6 Å². The Bertz CT molecular complexity index is 1130. The normalized spacial score (nSPS) is 15.4. The van der Waals surface area contributed by atoms with E-state index >= 15 is 0 Å².